The van der Waals surface area contributed by atoms with Crippen LogP contribution in [0.1, 0.15) is 18.4 Å². The lowest BCUT2D eigenvalue weighted by Crippen LogP contribution is -2.38. The van der Waals surface area contributed by atoms with Gasteiger partial charge in [-0.3, -0.25) is 0 Å². The number of carbonyl (C=O) groups is 1. The van der Waals surface area contributed by atoms with Gasteiger partial charge in [0.05, 0.1) is 0 Å². The minimum absolute atomic E-state index is 0.123. The summed E-state index contributed by atoms with van der Waals surface area (Å²) in [5.74, 6) is 0. The molecule has 0 aromatic heterocycles. The number of halogens is 1. The second-order valence-corrected chi connectivity index (χ2v) is 4.90. The Morgan fingerprint density at radius 3 is 2.47 bits per heavy atom. The smallest absolute Gasteiger partial charge is 0.320 e. The van der Waals surface area contributed by atoms with Gasteiger partial charge in [0.25, 0.3) is 0 Å². The van der Waals surface area contributed by atoms with E-state index in [0.717, 1.165) is 36.5 Å². The van der Waals surface area contributed by atoms with Crippen molar-refractivity contribution in [2.75, 3.05) is 20.1 Å². The molecule has 3 nitrogen and oxygen atoms in total. The fraction of sp³-hybridized carbons (Fsp3) is 0.462. The van der Waals surface area contributed by atoms with E-state index in [9.17, 15) is 4.79 Å². The molecule has 1 aromatic rings. The second-order valence-electron chi connectivity index (χ2n) is 4.46. The van der Waals surface area contributed by atoms with Crippen molar-refractivity contribution < 1.29 is 4.79 Å². The van der Waals surface area contributed by atoms with Crippen LogP contribution in [0.4, 0.5) is 4.79 Å². The van der Waals surface area contributed by atoms with Gasteiger partial charge in [0.2, 0.25) is 0 Å². The molecule has 92 valence electrons. The minimum Gasteiger partial charge on any atom is -0.325 e. The number of carbonyl (C=O) groups excluding carboxylic acids is 1. The fourth-order valence-corrected chi connectivity index (χ4v) is 2.21. The number of hydrogen-bond acceptors (Lipinski definition) is 1. The van der Waals surface area contributed by atoms with Crippen LogP contribution >= 0.6 is 11.6 Å². The van der Waals surface area contributed by atoms with E-state index in [-0.39, 0.29) is 6.03 Å². The van der Waals surface area contributed by atoms with E-state index in [0.29, 0.717) is 6.54 Å². The number of rotatable bonds is 2. The van der Waals surface area contributed by atoms with E-state index in [4.69, 9.17) is 11.6 Å². The Hall–Kier alpha value is -1.22. The highest BCUT2D eigenvalue weighted by Crippen LogP contribution is 2.14. The van der Waals surface area contributed by atoms with Crippen molar-refractivity contribution in [2.45, 2.75) is 19.4 Å². The summed E-state index contributed by atoms with van der Waals surface area (Å²) in [5, 5.41) is 0.724. The maximum atomic E-state index is 12.0. The lowest BCUT2D eigenvalue weighted by atomic mass is 10.2. The summed E-state index contributed by atoms with van der Waals surface area (Å²) in [5.41, 5.74) is 1.10. The van der Waals surface area contributed by atoms with Gasteiger partial charge in [-0.25, -0.2) is 4.79 Å². The molecule has 17 heavy (non-hydrogen) atoms. The lowest BCUT2D eigenvalue weighted by Gasteiger charge is -2.24. The van der Waals surface area contributed by atoms with Crippen molar-refractivity contribution in [2.24, 2.45) is 0 Å². The largest absolute Gasteiger partial charge is 0.325 e. The predicted molar refractivity (Wildman–Crippen MR) is 69.1 cm³/mol. The third-order valence-electron chi connectivity index (χ3n) is 3.04. The Kier molecular flexibility index (Phi) is 3.89. The molecule has 0 bridgehead atoms. The third kappa shape index (κ3) is 3.13. The van der Waals surface area contributed by atoms with Crippen LogP contribution in [-0.4, -0.2) is 36.0 Å². The van der Waals surface area contributed by atoms with Crippen molar-refractivity contribution in [1.29, 1.82) is 0 Å². The molecule has 1 heterocycles. The Bertz CT molecular complexity index is 385. The van der Waals surface area contributed by atoms with E-state index in [1.165, 1.54) is 0 Å². The van der Waals surface area contributed by atoms with Crippen LogP contribution in [0, 0.1) is 0 Å². The average molecular weight is 253 g/mol. The maximum absolute atomic E-state index is 12.0. The number of benzene rings is 1. The Morgan fingerprint density at radius 2 is 1.88 bits per heavy atom. The number of likely N-dealkylation sites (tertiary alicyclic amines) is 1. The van der Waals surface area contributed by atoms with Crippen LogP contribution in [0.25, 0.3) is 0 Å². The molecule has 0 spiro atoms. The van der Waals surface area contributed by atoms with Gasteiger partial charge in [-0.15, -0.1) is 0 Å². The van der Waals surface area contributed by atoms with Gasteiger partial charge in [0, 0.05) is 31.7 Å². The fourth-order valence-electron chi connectivity index (χ4n) is 2.08. The topological polar surface area (TPSA) is 23.6 Å². The highest BCUT2D eigenvalue weighted by atomic mass is 35.5. The molecular formula is C13H17ClN2O. The van der Waals surface area contributed by atoms with Gasteiger partial charge >= 0.3 is 6.03 Å². The summed E-state index contributed by atoms with van der Waals surface area (Å²) in [6.45, 7) is 2.42. The zero-order valence-corrected chi connectivity index (χ0v) is 10.8. The van der Waals surface area contributed by atoms with Crippen molar-refractivity contribution in [3.8, 4) is 0 Å². The van der Waals surface area contributed by atoms with Crippen LogP contribution < -0.4 is 0 Å². The normalized spacial score (nSPS) is 15.1. The van der Waals surface area contributed by atoms with Gasteiger partial charge in [-0.05, 0) is 30.5 Å². The molecule has 4 heteroatoms. The molecule has 1 aliphatic rings. The van der Waals surface area contributed by atoms with Crippen LogP contribution in [0.5, 0.6) is 0 Å². The third-order valence-corrected chi connectivity index (χ3v) is 3.29. The van der Waals surface area contributed by atoms with Gasteiger partial charge in [0.1, 0.15) is 0 Å². The Labute approximate surface area is 107 Å². The van der Waals surface area contributed by atoms with Gasteiger partial charge < -0.3 is 9.80 Å². The van der Waals surface area contributed by atoms with E-state index in [1.807, 2.05) is 36.2 Å². The van der Waals surface area contributed by atoms with Crippen LogP contribution in [0.2, 0.25) is 5.02 Å². The first-order valence-corrected chi connectivity index (χ1v) is 6.29. The summed E-state index contributed by atoms with van der Waals surface area (Å²) >= 11 is 5.83. The van der Waals surface area contributed by atoms with Gasteiger partial charge in [-0.1, -0.05) is 23.7 Å². The number of hydrogen-bond donors (Lipinski definition) is 0. The molecule has 0 N–H and O–H groups in total. The molecular weight excluding hydrogens is 236 g/mol. The first-order valence-electron chi connectivity index (χ1n) is 5.91. The van der Waals surface area contributed by atoms with Crippen LogP contribution in [-0.2, 0) is 6.54 Å². The highest BCUT2D eigenvalue weighted by Gasteiger charge is 2.20. The number of amides is 2. The second kappa shape index (κ2) is 5.41. The van der Waals surface area contributed by atoms with Gasteiger partial charge in [0.15, 0.2) is 0 Å². The van der Waals surface area contributed by atoms with Gasteiger partial charge in [-0.2, -0.15) is 0 Å². The Morgan fingerprint density at radius 1 is 1.29 bits per heavy atom. The summed E-state index contributed by atoms with van der Waals surface area (Å²) in [4.78, 5) is 15.7. The maximum Gasteiger partial charge on any atom is 0.320 e. The molecule has 1 aromatic carbocycles. The Balaban J connectivity index is 1.93. The molecule has 2 rings (SSSR count). The van der Waals surface area contributed by atoms with Crippen molar-refractivity contribution in [3.05, 3.63) is 34.9 Å². The molecule has 2 amide bonds. The summed E-state index contributed by atoms with van der Waals surface area (Å²) in [6.07, 6.45) is 2.25. The standard InChI is InChI=1S/C13H17ClN2O/c1-15(13(17)16-8-2-3-9-16)10-11-4-6-12(14)7-5-11/h4-7H,2-3,8-10H2,1H3. The van der Waals surface area contributed by atoms with E-state index in [2.05, 4.69) is 0 Å². The molecule has 1 aliphatic heterocycles. The van der Waals surface area contributed by atoms with E-state index >= 15 is 0 Å². The van der Waals surface area contributed by atoms with Crippen molar-refractivity contribution >= 4 is 17.6 Å². The van der Waals surface area contributed by atoms with Crippen molar-refractivity contribution in [3.63, 3.8) is 0 Å². The molecule has 1 fully saturated rings. The van der Waals surface area contributed by atoms with E-state index < -0.39 is 0 Å². The first kappa shape index (κ1) is 12.2. The molecule has 1 saturated heterocycles. The predicted octanol–water partition coefficient (Wildman–Crippen LogP) is 2.99. The molecule has 0 aliphatic carbocycles. The lowest BCUT2D eigenvalue weighted by molar-refractivity contribution is 0.171. The quantitative estimate of drug-likeness (QED) is 0.794. The SMILES string of the molecule is CN(Cc1ccc(Cl)cc1)C(=O)N1CCCC1. The monoisotopic (exact) mass is 252 g/mol. The summed E-state index contributed by atoms with van der Waals surface area (Å²) < 4.78 is 0. The van der Waals surface area contributed by atoms with E-state index in [1.54, 1.807) is 4.90 Å². The molecule has 0 unspecified atom stereocenters. The zero-order valence-electron chi connectivity index (χ0n) is 10.0. The average Bonchev–Trinajstić information content (AvgIpc) is 2.84. The molecule has 0 atom stereocenters. The molecule has 0 saturated carbocycles. The number of nitrogens with zero attached hydrogens (tertiary/aromatic N) is 2. The number of urea groups is 1. The highest BCUT2D eigenvalue weighted by molar-refractivity contribution is 6.30. The minimum atomic E-state index is 0.123. The first-order chi connectivity index (χ1) is 8.16. The summed E-state index contributed by atoms with van der Waals surface area (Å²) in [7, 11) is 1.84. The summed E-state index contributed by atoms with van der Waals surface area (Å²) in [6, 6.07) is 7.74. The van der Waals surface area contributed by atoms with Crippen molar-refractivity contribution in [1.82, 2.24) is 9.80 Å². The van der Waals surface area contributed by atoms with Crippen LogP contribution in [0.3, 0.4) is 0 Å². The molecule has 0 radical (unpaired) electrons. The van der Waals surface area contributed by atoms with Crippen LogP contribution in [0.15, 0.2) is 24.3 Å². The zero-order chi connectivity index (χ0) is 12.3.